The van der Waals surface area contributed by atoms with Gasteiger partial charge in [-0.1, -0.05) is 12.8 Å². The van der Waals surface area contributed by atoms with Crippen LogP contribution in [0.2, 0.25) is 0 Å². The molecule has 1 aliphatic heterocycles. The molecule has 1 spiro atoms. The molecule has 7 heteroatoms. The Labute approximate surface area is 152 Å². The molecule has 1 aromatic rings. The molecular formula is C19H25FN2O4. The number of benzene rings is 1. The van der Waals surface area contributed by atoms with E-state index in [0.717, 1.165) is 25.7 Å². The van der Waals surface area contributed by atoms with Crippen LogP contribution in [0.4, 0.5) is 4.39 Å². The highest BCUT2D eigenvalue weighted by Crippen LogP contribution is 2.38. The molecular weight excluding hydrogens is 339 g/mol. The van der Waals surface area contributed by atoms with Gasteiger partial charge in [0.05, 0.1) is 12.1 Å². The van der Waals surface area contributed by atoms with E-state index in [1.54, 1.807) is 16.9 Å². The fourth-order valence-electron chi connectivity index (χ4n) is 3.90. The van der Waals surface area contributed by atoms with E-state index in [2.05, 4.69) is 0 Å². The first kappa shape index (κ1) is 18.6. The van der Waals surface area contributed by atoms with E-state index in [-0.39, 0.29) is 36.3 Å². The van der Waals surface area contributed by atoms with Gasteiger partial charge in [-0.15, -0.1) is 0 Å². The number of halogens is 1. The van der Waals surface area contributed by atoms with Gasteiger partial charge in [0.2, 0.25) is 5.91 Å². The van der Waals surface area contributed by atoms with Gasteiger partial charge in [0.15, 0.2) is 6.61 Å². The van der Waals surface area contributed by atoms with Crippen LogP contribution in [0.25, 0.3) is 0 Å². The van der Waals surface area contributed by atoms with Crippen LogP contribution in [-0.2, 0) is 14.3 Å². The summed E-state index contributed by atoms with van der Waals surface area (Å²) in [6.45, 7) is 1.51. The van der Waals surface area contributed by atoms with E-state index in [9.17, 15) is 14.0 Å². The van der Waals surface area contributed by atoms with Crippen molar-refractivity contribution in [1.29, 1.82) is 0 Å². The number of ether oxygens (including phenoxy) is 2. The molecule has 1 aromatic carbocycles. The molecule has 2 fully saturated rings. The molecule has 6 nitrogen and oxygen atoms in total. The molecule has 1 aliphatic carbocycles. The Hall–Kier alpha value is -2.15. The maximum absolute atomic E-state index is 13.0. The molecule has 1 saturated carbocycles. The molecule has 0 aromatic heterocycles. The minimum atomic E-state index is -0.355. The van der Waals surface area contributed by atoms with Crippen LogP contribution in [0.5, 0.6) is 5.75 Å². The van der Waals surface area contributed by atoms with Crippen molar-refractivity contribution in [3.63, 3.8) is 0 Å². The minimum Gasteiger partial charge on any atom is -0.484 e. The standard InChI is InChI=1S/C19H25FN2O4/c1-25-11-10-21-14-19(8-2-3-9-19)22(12-17(21)23)18(24)13-26-16-6-4-15(20)5-7-16/h4-7H,2-3,8-14H2,1H3. The summed E-state index contributed by atoms with van der Waals surface area (Å²) in [6.07, 6.45) is 3.89. The highest BCUT2D eigenvalue weighted by atomic mass is 19.1. The van der Waals surface area contributed by atoms with Crippen molar-refractivity contribution in [2.75, 3.05) is 40.0 Å². The van der Waals surface area contributed by atoms with Gasteiger partial charge in [-0.05, 0) is 37.1 Å². The Kier molecular flexibility index (Phi) is 5.76. The molecule has 3 rings (SSSR count). The third kappa shape index (κ3) is 3.98. The Bertz CT molecular complexity index is 643. The normalized spacial score (nSPS) is 19.2. The Morgan fingerprint density at radius 3 is 2.58 bits per heavy atom. The highest BCUT2D eigenvalue weighted by Gasteiger charge is 2.48. The average Bonchev–Trinajstić information content (AvgIpc) is 3.10. The first-order valence-corrected chi connectivity index (χ1v) is 9.00. The first-order chi connectivity index (χ1) is 12.5. The van der Waals surface area contributed by atoms with Crippen LogP contribution >= 0.6 is 0 Å². The third-order valence-electron chi connectivity index (χ3n) is 5.28. The quantitative estimate of drug-likeness (QED) is 0.773. The molecule has 1 saturated heterocycles. The molecule has 2 aliphatic rings. The minimum absolute atomic E-state index is 0.0605. The lowest BCUT2D eigenvalue weighted by Crippen LogP contribution is -2.65. The van der Waals surface area contributed by atoms with Crippen molar-refractivity contribution in [1.82, 2.24) is 9.80 Å². The SMILES string of the molecule is COCCN1CC2(CCCC2)N(C(=O)COc2ccc(F)cc2)CC1=O. The van der Waals surface area contributed by atoms with Crippen LogP contribution in [0, 0.1) is 5.82 Å². The summed E-state index contributed by atoms with van der Waals surface area (Å²) in [7, 11) is 1.61. The Morgan fingerprint density at radius 2 is 1.92 bits per heavy atom. The van der Waals surface area contributed by atoms with Crippen molar-refractivity contribution in [3.05, 3.63) is 30.1 Å². The van der Waals surface area contributed by atoms with E-state index in [1.165, 1.54) is 24.3 Å². The van der Waals surface area contributed by atoms with Crippen LogP contribution in [0.3, 0.4) is 0 Å². The van der Waals surface area contributed by atoms with E-state index in [1.807, 2.05) is 0 Å². The maximum atomic E-state index is 13.0. The van der Waals surface area contributed by atoms with Crippen molar-refractivity contribution < 1.29 is 23.5 Å². The monoisotopic (exact) mass is 364 g/mol. The fourth-order valence-corrected chi connectivity index (χ4v) is 3.90. The predicted octanol–water partition coefficient (Wildman–Crippen LogP) is 1.83. The smallest absolute Gasteiger partial charge is 0.261 e. The van der Waals surface area contributed by atoms with Gasteiger partial charge in [-0.3, -0.25) is 9.59 Å². The predicted molar refractivity (Wildman–Crippen MR) is 93.3 cm³/mol. The number of amides is 2. The molecule has 0 radical (unpaired) electrons. The van der Waals surface area contributed by atoms with Gasteiger partial charge in [0, 0.05) is 20.2 Å². The molecule has 0 atom stereocenters. The van der Waals surface area contributed by atoms with E-state index >= 15 is 0 Å². The largest absolute Gasteiger partial charge is 0.484 e. The van der Waals surface area contributed by atoms with Crippen molar-refractivity contribution in [3.8, 4) is 5.75 Å². The fraction of sp³-hybridized carbons (Fsp3) is 0.579. The van der Waals surface area contributed by atoms with Crippen LogP contribution in [0.1, 0.15) is 25.7 Å². The summed E-state index contributed by atoms with van der Waals surface area (Å²) >= 11 is 0. The number of hydrogen-bond donors (Lipinski definition) is 0. The Morgan fingerprint density at radius 1 is 1.23 bits per heavy atom. The molecule has 1 heterocycles. The van der Waals surface area contributed by atoms with Gasteiger partial charge in [0.25, 0.3) is 5.91 Å². The zero-order chi connectivity index (χ0) is 18.6. The van der Waals surface area contributed by atoms with Crippen molar-refractivity contribution in [2.24, 2.45) is 0 Å². The zero-order valence-corrected chi connectivity index (χ0v) is 15.1. The summed E-state index contributed by atoms with van der Waals surface area (Å²) in [5.74, 6) is -0.178. The summed E-state index contributed by atoms with van der Waals surface area (Å²) < 4.78 is 23.6. The maximum Gasteiger partial charge on any atom is 0.261 e. The van der Waals surface area contributed by atoms with Gasteiger partial charge in [0.1, 0.15) is 18.1 Å². The average molecular weight is 364 g/mol. The van der Waals surface area contributed by atoms with Crippen LogP contribution in [-0.4, -0.2) is 67.1 Å². The lowest BCUT2D eigenvalue weighted by Gasteiger charge is -2.48. The van der Waals surface area contributed by atoms with E-state index in [4.69, 9.17) is 9.47 Å². The molecule has 142 valence electrons. The number of methoxy groups -OCH3 is 1. The molecule has 0 unspecified atom stereocenters. The second-order valence-corrected chi connectivity index (χ2v) is 6.96. The summed E-state index contributed by atoms with van der Waals surface area (Å²) in [6, 6.07) is 5.55. The number of nitrogens with zero attached hydrogens (tertiary/aromatic N) is 2. The molecule has 0 N–H and O–H groups in total. The number of hydrogen-bond acceptors (Lipinski definition) is 4. The molecule has 0 bridgehead atoms. The lowest BCUT2D eigenvalue weighted by atomic mass is 9.91. The topological polar surface area (TPSA) is 59.1 Å². The summed E-state index contributed by atoms with van der Waals surface area (Å²) in [4.78, 5) is 28.8. The van der Waals surface area contributed by atoms with Gasteiger partial charge in [-0.2, -0.15) is 0 Å². The van der Waals surface area contributed by atoms with E-state index < -0.39 is 0 Å². The highest BCUT2D eigenvalue weighted by molar-refractivity contribution is 5.87. The van der Waals surface area contributed by atoms with Crippen LogP contribution < -0.4 is 4.74 Å². The first-order valence-electron chi connectivity index (χ1n) is 9.00. The van der Waals surface area contributed by atoms with Gasteiger partial charge in [-0.25, -0.2) is 4.39 Å². The molecule has 26 heavy (non-hydrogen) atoms. The van der Waals surface area contributed by atoms with Crippen LogP contribution in [0.15, 0.2) is 24.3 Å². The number of piperazine rings is 1. The summed E-state index contributed by atoms with van der Waals surface area (Å²) in [5, 5.41) is 0. The number of rotatable bonds is 6. The van der Waals surface area contributed by atoms with E-state index in [0.29, 0.717) is 25.4 Å². The number of carbonyl (C=O) groups is 2. The second-order valence-electron chi connectivity index (χ2n) is 6.96. The Balaban J connectivity index is 1.67. The van der Waals surface area contributed by atoms with Gasteiger partial charge < -0.3 is 19.3 Å². The second kappa shape index (κ2) is 8.03. The molecule has 2 amide bonds. The lowest BCUT2D eigenvalue weighted by molar-refractivity contribution is -0.157. The summed E-state index contributed by atoms with van der Waals surface area (Å²) in [5.41, 5.74) is -0.301. The van der Waals surface area contributed by atoms with Crippen molar-refractivity contribution >= 4 is 11.8 Å². The third-order valence-corrected chi connectivity index (χ3v) is 5.28. The van der Waals surface area contributed by atoms with Gasteiger partial charge >= 0.3 is 0 Å². The number of carbonyl (C=O) groups excluding carboxylic acids is 2. The zero-order valence-electron chi connectivity index (χ0n) is 15.1. The van der Waals surface area contributed by atoms with Crippen molar-refractivity contribution in [2.45, 2.75) is 31.2 Å².